The van der Waals surface area contributed by atoms with Crippen molar-refractivity contribution >= 4 is 17.7 Å². The molecule has 0 aliphatic rings. The Morgan fingerprint density at radius 1 is 1.31 bits per heavy atom. The number of benzene rings is 1. The molecule has 0 spiro atoms. The Kier molecular flexibility index (Phi) is 4.83. The lowest BCUT2D eigenvalue weighted by molar-refractivity contribution is -0.119. The lowest BCUT2D eigenvalue weighted by Gasteiger charge is -2.10. The minimum Gasteiger partial charge on any atom is -0.389 e. The average Bonchev–Trinajstić information content (AvgIpc) is 2.28. The van der Waals surface area contributed by atoms with Crippen LogP contribution in [0.5, 0.6) is 0 Å². The van der Waals surface area contributed by atoms with Gasteiger partial charge in [0, 0.05) is 11.9 Å². The maximum absolute atomic E-state index is 11.3. The van der Waals surface area contributed by atoms with Crippen LogP contribution in [-0.2, 0) is 4.79 Å². The Morgan fingerprint density at radius 2 is 1.88 bits per heavy atom. The lowest BCUT2D eigenvalue weighted by Crippen LogP contribution is -2.27. The van der Waals surface area contributed by atoms with E-state index in [4.69, 9.17) is 0 Å². The topological polar surface area (TPSA) is 49.3 Å². The summed E-state index contributed by atoms with van der Waals surface area (Å²) in [4.78, 5) is 12.3. The Morgan fingerprint density at radius 3 is 2.31 bits per heavy atom. The van der Waals surface area contributed by atoms with Gasteiger partial charge in [0.15, 0.2) is 0 Å². The van der Waals surface area contributed by atoms with Crippen molar-refractivity contribution in [3.05, 3.63) is 29.8 Å². The van der Waals surface area contributed by atoms with Crippen LogP contribution in [0.4, 0.5) is 0 Å². The molecule has 2 atom stereocenters. The second-order valence-electron chi connectivity index (χ2n) is 3.62. The summed E-state index contributed by atoms with van der Waals surface area (Å²) in [6, 6.07) is 7.60. The molecule has 4 heteroatoms. The quantitative estimate of drug-likeness (QED) is 0.790. The number of amides is 1. The van der Waals surface area contributed by atoms with Crippen molar-refractivity contribution in [2.45, 2.75) is 30.1 Å². The predicted molar refractivity (Wildman–Crippen MR) is 66.5 cm³/mol. The van der Waals surface area contributed by atoms with Gasteiger partial charge in [-0.3, -0.25) is 4.79 Å². The fourth-order valence-corrected chi connectivity index (χ4v) is 2.21. The van der Waals surface area contributed by atoms with Gasteiger partial charge < -0.3 is 10.4 Å². The molecule has 16 heavy (non-hydrogen) atoms. The number of nitrogens with one attached hydrogen (secondary N) is 1. The van der Waals surface area contributed by atoms with Crippen LogP contribution in [0.25, 0.3) is 0 Å². The molecule has 1 aromatic carbocycles. The Balaban J connectivity index is 2.65. The first-order valence-electron chi connectivity index (χ1n) is 5.21. The zero-order valence-electron chi connectivity index (χ0n) is 9.73. The molecule has 1 rings (SSSR count). The van der Waals surface area contributed by atoms with Crippen LogP contribution in [0.15, 0.2) is 29.2 Å². The van der Waals surface area contributed by atoms with Gasteiger partial charge in [0.2, 0.25) is 5.91 Å². The lowest BCUT2D eigenvalue weighted by atomic mass is 10.1. The third-order valence-corrected chi connectivity index (χ3v) is 3.40. The Hall–Kier alpha value is -1.00. The molecule has 3 nitrogen and oxygen atoms in total. The summed E-state index contributed by atoms with van der Waals surface area (Å²) < 4.78 is 0. The van der Waals surface area contributed by atoms with Gasteiger partial charge in [-0.15, -0.1) is 11.8 Å². The highest BCUT2D eigenvalue weighted by molar-refractivity contribution is 8.00. The molecule has 0 aliphatic heterocycles. The van der Waals surface area contributed by atoms with Crippen LogP contribution in [0.2, 0.25) is 0 Å². The molecule has 0 saturated carbocycles. The molecule has 0 bridgehead atoms. The Bertz CT molecular complexity index is 349. The van der Waals surface area contributed by atoms with Crippen molar-refractivity contribution in [2.24, 2.45) is 0 Å². The summed E-state index contributed by atoms with van der Waals surface area (Å²) in [5.74, 6) is 0.0182. The van der Waals surface area contributed by atoms with Gasteiger partial charge in [0.25, 0.3) is 0 Å². The van der Waals surface area contributed by atoms with E-state index in [2.05, 4.69) is 5.32 Å². The van der Waals surface area contributed by atoms with Crippen molar-refractivity contribution in [3.8, 4) is 0 Å². The molecule has 1 aromatic rings. The summed E-state index contributed by atoms with van der Waals surface area (Å²) in [6.45, 7) is 3.60. The van der Waals surface area contributed by atoms with Gasteiger partial charge >= 0.3 is 0 Å². The summed E-state index contributed by atoms with van der Waals surface area (Å²) in [5, 5.41) is 11.9. The SMILES string of the molecule is CNC(=O)C(C)Sc1ccc(C(C)O)cc1. The molecule has 0 aliphatic carbocycles. The normalized spacial score (nSPS) is 14.2. The van der Waals surface area contributed by atoms with Crippen molar-refractivity contribution in [1.82, 2.24) is 5.32 Å². The summed E-state index contributed by atoms with van der Waals surface area (Å²) in [7, 11) is 1.63. The third-order valence-electron chi connectivity index (χ3n) is 2.29. The Labute approximate surface area is 100 Å². The van der Waals surface area contributed by atoms with E-state index in [9.17, 15) is 9.90 Å². The zero-order chi connectivity index (χ0) is 12.1. The molecule has 2 unspecified atom stereocenters. The highest BCUT2D eigenvalue weighted by Gasteiger charge is 2.12. The number of thioether (sulfide) groups is 1. The van der Waals surface area contributed by atoms with Crippen LogP contribution in [0.3, 0.4) is 0 Å². The van der Waals surface area contributed by atoms with Gasteiger partial charge in [-0.1, -0.05) is 12.1 Å². The fraction of sp³-hybridized carbons (Fsp3) is 0.417. The van der Waals surface area contributed by atoms with E-state index in [-0.39, 0.29) is 11.2 Å². The van der Waals surface area contributed by atoms with Gasteiger partial charge in [0.1, 0.15) is 0 Å². The van der Waals surface area contributed by atoms with Crippen molar-refractivity contribution in [3.63, 3.8) is 0 Å². The second-order valence-corrected chi connectivity index (χ2v) is 5.03. The molecule has 0 saturated heterocycles. The number of hydrogen-bond acceptors (Lipinski definition) is 3. The molecule has 2 N–H and O–H groups in total. The number of aliphatic hydroxyl groups is 1. The third kappa shape index (κ3) is 3.54. The van der Waals surface area contributed by atoms with Crippen molar-refractivity contribution in [1.29, 1.82) is 0 Å². The molecule has 0 heterocycles. The number of carbonyl (C=O) groups excluding carboxylic acids is 1. The summed E-state index contributed by atoms with van der Waals surface area (Å²) in [5.41, 5.74) is 0.886. The van der Waals surface area contributed by atoms with E-state index >= 15 is 0 Å². The van der Waals surface area contributed by atoms with E-state index in [0.717, 1.165) is 10.5 Å². The minimum absolute atomic E-state index is 0.0182. The second kappa shape index (κ2) is 5.92. The van der Waals surface area contributed by atoms with Gasteiger partial charge in [0.05, 0.1) is 11.4 Å². The maximum Gasteiger partial charge on any atom is 0.232 e. The van der Waals surface area contributed by atoms with Crippen molar-refractivity contribution < 1.29 is 9.90 Å². The first-order chi connectivity index (χ1) is 7.54. The first kappa shape index (κ1) is 13.1. The largest absolute Gasteiger partial charge is 0.389 e. The van der Waals surface area contributed by atoms with Gasteiger partial charge in [-0.25, -0.2) is 0 Å². The van der Waals surface area contributed by atoms with E-state index in [0.29, 0.717) is 0 Å². The molecule has 0 radical (unpaired) electrons. The highest BCUT2D eigenvalue weighted by atomic mass is 32.2. The minimum atomic E-state index is -0.449. The average molecular weight is 239 g/mol. The summed E-state index contributed by atoms with van der Waals surface area (Å²) >= 11 is 1.50. The van der Waals surface area contributed by atoms with Crippen LogP contribution >= 0.6 is 11.8 Å². The monoisotopic (exact) mass is 239 g/mol. The molecule has 1 amide bonds. The van der Waals surface area contributed by atoms with E-state index in [1.807, 2.05) is 31.2 Å². The van der Waals surface area contributed by atoms with E-state index < -0.39 is 6.10 Å². The van der Waals surface area contributed by atoms with Crippen LogP contribution in [0.1, 0.15) is 25.5 Å². The number of carbonyl (C=O) groups is 1. The first-order valence-corrected chi connectivity index (χ1v) is 6.09. The number of rotatable bonds is 4. The van der Waals surface area contributed by atoms with Crippen LogP contribution in [0, 0.1) is 0 Å². The maximum atomic E-state index is 11.3. The molecule has 0 aromatic heterocycles. The van der Waals surface area contributed by atoms with Crippen molar-refractivity contribution in [2.75, 3.05) is 7.05 Å². The smallest absolute Gasteiger partial charge is 0.232 e. The fourth-order valence-electron chi connectivity index (χ4n) is 1.29. The highest BCUT2D eigenvalue weighted by Crippen LogP contribution is 2.24. The molecular formula is C12H17NO2S. The van der Waals surface area contributed by atoms with E-state index in [1.54, 1.807) is 14.0 Å². The standard InChI is InChI=1S/C12H17NO2S/c1-8(14)10-4-6-11(7-5-10)16-9(2)12(15)13-3/h4-9,14H,1-3H3,(H,13,15). The van der Waals surface area contributed by atoms with Gasteiger partial charge in [-0.05, 0) is 31.5 Å². The van der Waals surface area contributed by atoms with Crippen LogP contribution < -0.4 is 5.32 Å². The molecule has 88 valence electrons. The predicted octanol–water partition coefficient (Wildman–Crippen LogP) is 1.97. The molecule has 0 fully saturated rings. The summed E-state index contributed by atoms with van der Waals surface area (Å²) in [6.07, 6.45) is -0.449. The number of hydrogen-bond donors (Lipinski definition) is 2. The van der Waals surface area contributed by atoms with Crippen LogP contribution in [-0.4, -0.2) is 23.3 Å². The van der Waals surface area contributed by atoms with Gasteiger partial charge in [-0.2, -0.15) is 0 Å². The zero-order valence-corrected chi connectivity index (χ0v) is 10.5. The molecular weight excluding hydrogens is 222 g/mol. The van der Waals surface area contributed by atoms with E-state index in [1.165, 1.54) is 11.8 Å². The number of aliphatic hydroxyl groups excluding tert-OH is 1.